The lowest BCUT2D eigenvalue weighted by atomic mass is 9.91. The Morgan fingerprint density at radius 2 is 2.24 bits per heavy atom. The fourth-order valence-corrected chi connectivity index (χ4v) is 2.63. The van der Waals surface area contributed by atoms with Crippen LogP contribution in [0.2, 0.25) is 0 Å². The summed E-state index contributed by atoms with van der Waals surface area (Å²) in [7, 11) is 1.84. The van der Waals surface area contributed by atoms with Crippen molar-refractivity contribution in [3.05, 3.63) is 0 Å². The van der Waals surface area contributed by atoms with Gasteiger partial charge in [0.1, 0.15) is 6.10 Å². The molecule has 0 aliphatic carbocycles. The second-order valence-electron chi connectivity index (χ2n) is 5.08. The summed E-state index contributed by atoms with van der Waals surface area (Å²) < 4.78 is 5.40. The quantitative estimate of drug-likeness (QED) is 0.716. The predicted molar refractivity (Wildman–Crippen MR) is 63.7 cm³/mol. The van der Waals surface area contributed by atoms with Gasteiger partial charge in [0.2, 0.25) is 0 Å². The van der Waals surface area contributed by atoms with Gasteiger partial charge in [-0.3, -0.25) is 4.79 Å². The molecule has 1 amide bonds. The molecule has 98 valence electrons. The van der Waals surface area contributed by atoms with Gasteiger partial charge in [0.25, 0.3) is 5.91 Å². The van der Waals surface area contributed by atoms with Crippen LogP contribution in [-0.4, -0.2) is 60.9 Å². The summed E-state index contributed by atoms with van der Waals surface area (Å²) in [6, 6.07) is 0. The summed E-state index contributed by atoms with van der Waals surface area (Å²) in [6.07, 6.45) is 2.88. The van der Waals surface area contributed by atoms with Crippen molar-refractivity contribution in [2.45, 2.75) is 37.4 Å². The monoisotopic (exact) mass is 242 g/mol. The van der Waals surface area contributed by atoms with Crippen molar-refractivity contribution in [1.29, 1.82) is 0 Å². The van der Waals surface area contributed by atoms with Gasteiger partial charge in [0.15, 0.2) is 0 Å². The molecule has 5 heteroatoms. The maximum absolute atomic E-state index is 12.1. The van der Waals surface area contributed by atoms with Gasteiger partial charge in [-0.05, 0) is 32.7 Å². The molecule has 0 aromatic rings. The van der Waals surface area contributed by atoms with E-state index in [1.54, 1.807) is 0 Å². The highest BCUT2D eigenvalue weighted by atomic mass is 16.5. The number of hydrogen-bond donors (Lipinski definition) is 2. The molecule has 0 aromatic carbocycles. The minimum Gasteiger partial charge on any atom is -0.388 e. The lowest BCUT2D eigenvalue weighted by molar-refractivity contribution is -0.144. The second kappa shape index (κ2) is 5.33. The van der Waals surface area contributed by atoms with Crippen molar-refractivity contribution in [3.63, 3.8) is 0 Å². The Hall–Kier alpha value is -0.650. The predicted octanol–water partition coefficient (Wildman–Crippen LogP) is -0.262. The first-order valence-corrected chi connectivity index (χ1v) is 6.42. The molecule has 0 aromatic heterocycles. The topological polar surface area (TPSA) is 61.8 Å². The molecule has 2 fully saturated rings. The van der Waals surface area contributed by atoms with Crippen LogP contribution in [0, 0.1) is 0 Å². The Morgan fingerprint density at radius 1 is 1.53 bits per heavy atom. The van der Waals surface area contributed by atoms with E-state index in [2.05, 4.69) is 5.32 Å². The van der Waals surface area contributed by atoms with Crippen LogP contribution in [0.3, 0.4) is 0 Å². The number of nitrogens with zero attached hydrogens (tertiary/aromatic N) is 1. The third-order valence-corrected chi connectivity index (χ3v) is 3.72. The molecule has 2 saturated heterocycles. The summed E-state index contributed by atoms with van der Waals surface area (Å²) in [5.41, 5.74) is -0.651. The van der Waals surface area contributed by atoms with Crippen LogP contribution in [0.1, 0.15) is 25.7 Å². The van der Waals surface area contributed by atoms with Gasteiger partial charge in [0, 0.05) is 26.2 Å². The number of hydrogen-bond acceptors (Lipinski definition) is 4. The molecule has 0 saturated carbocycles. The average Bonchev–Trinajstić information content (AvgIpc) is 2.82. The van der Waals surface area contributed by atoms with Crippen molar-refractivity contribution in [1.82, 2.24) is 10.2 Å². The highest BCUT2D eigenvalue weighted by molar-refractivity contribution is 5.81. The van der Waals surface area contributed by atoms with E-state index in [1.165, 1.54) is 0 Å². The molecule has 2 rings (SSSR count). The summed E-state index contributed by atoms with van der Waals surface area (Å²) in [5.74, 6) is 0.106. The van der Waals surface area contributed by atoms with Crippen LogP contribution in [-0.2, 0) is 9.53 Å². The van der Waals surface area contributed by atoms with Crippen molar-refractivity contribution in [2.75, 3.05) is 33.3 Å². The average molecular weight is 242 g/mol. The van der Waals surface area contributed by atoms with E-state index in [-0.39, 0.29) is 12.0 Å². The Kier molecular flexibility index (Phi) is 4.01. The van der Waals surface area contributed by atoms with Crippen molar-refractivity contribution < 1.29 is 14.6 Å². The third kappa shape index (κ3) is 2.97. The summed E-state index contributed by atoms with van der Waals surface area (Å²) >= 11 is 0. The molecule has 2 aliphatic rings. The van der Waals surface area contributed by atoms with E-state index in [4.69, 9.17) is 4.74 Å². The molecule has 17 heavy (non-hydrogen) atoms. The van der Waals surface area contributed by atoms with Gasteiger partial charge in [-0.25, -0.2) is 0 Å². The van der Waals surface area contributed by atoms with E-state index in [0.29, 0.717) is 39.1 Å². The van der Waals surface area contributed by atoms with Gasteiger partial charge < -0.3 is 20.1 Å². The van der Waals surface area contributed by atoms with Gasteiger partial charge in [-0.2, -0.15) is 0 Å². The third-order valence-electron chi connectivity index (χ3n) is 3.72. The minimum absolute atomic E-state index is 0.106. The Morgan fingerprint density at radius 3 is 2.76 bits per heavy atom. The van der Waals surface area contributed by atoms with Gasteiger partial charge >= 0.3 is 0 Å². The highest BCUT2D eigenvalue weighted by Crippen LogP contribution is 2.23. The number of nitrogens with one attached hydrogen (secondary N) is 1. The normalized spacial score (nSPS) is 28.4. The first-order chi connectivity index (χ1) is 8.14. The van der Waals surface area contributed by atoms with Crippen LogP contribution in [0.15, 0.2) is 0 Å². The highest BCUT2D eigenvalue weighted by Gasteiger charge is 2.36. The molecular formula is C12H22N2O3. The first kappa shape index (κ1) is 12.8. The van der Waals surface area contributed by atoms with Crippen LogP contribution in [0.4, 0.5) is 0 Å². The number of carbonyl (C=O) groups is 1. The maximum Gasteiger partial charge on any atom is 0.251 e. The molecule has 2 heterocycles. The number of rotatable bonds is 3. The van der Waals surface area contributed by atoms with Crippen molar-refractivity contribution in [2.24, 2.45) is 0 Å². The van der Waals surface area contributed by atoms with Crippen molar-refractivity contribution >= 4 is 5.91 Å². The fraction of sp³-hybridized carbons (Fsp3) is 0.917. The second-order valence-corrected chi connectivity index (χ2v) is 5.08. The number of ether oxygens (including phenoxy) is 1. The first-order valence-electron chi connectivity index (χ1n) is 6.42. The number of likely N-dealkylation sites (tertiary alicyclic amines) is 1. The zero-order valence-corrected chi connectivity index (χ0v) is 10.4. The molecule has 2 N–H and O–H groups in total. The standard InChI is InChI=1S/C12H22N2O3/c1-13-9-12(16)4-6-14(7-5-12)11(15)10-3-2-8-17-10/h10,13,16H,2-9H2,1H3. The van der Waals surface area contributed by atoms with E-state index in [0.717, 1.165) is 12.8 Å². The molecule has 1 atom stereocenters. The molecule has 0 bridgehead atoms. The van der Waals surface area contributed by atoms with Crippen LogP contribution < -0.4 is 5.32 Å². The summed E-state index contributed by atoms with van der Waals surface area (Å²) in [5, 5.41) is 13.2. The molecule has 5 nitrogen and oxygen atoms in total. The number of piperidine rings is 1. The molecule has 2 aliphatic heterocycles. The fourth-order valence-electron chi connectivity index (χ4n) is 2.63. The summed E-state index contributed by atoms with van der Waals surface area (Å²) in [6.45, 7) is 2.57. The minimum atomic E-state index is -0.651. The zero-order valence-electron chi connectivity index (χ0n) is 10.4. The maximum atomic E-state index is 12.1. The van der Waals surface area contributed by atoms with Crippen LogP contribution >= 0.6 is 0 Å². The molecular weight excluding hydrogens is 220 g/mol. The number of carbonyl (C=O) groups excluding carboxylic acids is 1. The molecule has 1 unspecified atom stereocenters. The lowest BCUT2D eigenvalue weighted by Crippen LogP contribution is -2.52. The van der Waals surface area contributed by atoms with Gasteiger partial charge in [-0.1, -0.05) is 0 Å². The smallest absolute Gasteiger partial charge is 0.251 e. The van der Waals surface area contributed by atoms with Crippen LogP contribution in [0.25, 0.3) is 0 Å². The molecule has 0 radical (unpaired) electrons. The Labute approximate surface area is 102 Å². The number of aliphatic hydroxyl groups is 1. The van der Waals surface area contributed by atoms with E-state index in [9.17, 15) is 9.90 Å². The Balaban J connectivity index is 1.83. The van der Waals surface area contributed by atoms with Crippen LogP contribution in [0.5, 0.6) is 0 Å². The lowest BCUT2D eigenvalue weighted by Gasteiger charge is -2.38. The summed E-state index contributed by atoms with van der Waals surface area (Å²) in [4.78, 5) is 13.9. The SMILES string of the molecule is CNCC1(O)CCN(C(=O)C2CCCO2)CC1. The zero-order chi connectivity index (χ0) is 12.3. The number of likely N-dealkylation sites (N-methyl/N-ethyl adjacent to an activating group) is 1. The van der Waals surface area contributed by atoms with E-state index >= 15 is 0 Å². The van der Waals surface area contributed by atoms with E-state index in [1.807, 2.05) is 11.9 Å². The molecule has 0 spiro atoms. The number of amides is 1. The van der Waals surface area contributed by atoms with Crippen molar-refractivity contribution in [3.8, 4) is 0 Å². The van der Waals surface area contributed by atoms with E-state index < -0.39 is 5.60 Å². The Bertz CT molecular complexity index is 269. The van der Waals surface area contributed by atoms with Gasteiger partial charge in [0.05, 0.1) is 5.60 Å². The largest absolute Gasteiger partial charge is 0.388 e. The van der Waals surface area contributed by atoms with Gasteiger partial charge in [-0.15, -0.1) is 0 Å².